The van der Waals surface area contributed by atoms with E-state index in [0.717, 1.165) is 54.2 Å². The van der Waals surface area contributed by atoms with Crippen molar-refractivity contribution in [3.8, 4) is 5.75 Å². The van der Waals surface area contributed by atoms with Crippen molar-refractivity contribution in [3.05, 3.63) is 113 Å². The maximum absolute atomic E-state index is 14.3. The summed E-state index contributed by atoms with van der Waals surface area (Å²) >= 11 is 8.15. The quantitative estimate of drug-likeness (QED) is 0.0378. The molecule has 7 rings (SSSR count). The first kappa shape index (κ1) is 45.6. The van der Waals surface area contributed by atoms with Gasteiger partial charge in [-0.2, -0.15) is 0 Å². The smallest absolute Gasteiger partial charge is 0.508 e. The second-order valence-corrected chi connectivity index (χ2v) is 23.9. The minimum absolute atomic E-state index is 0.0283. The molecule has 3 aromatic carbocycles. The van der Waals surface area contributed by atoms with E-state index in [1.807, 2.05) is 55.8 Å². The number of aliphatic hydroxyl groups excluding tert-OH is 3. The molecule has 1 heterocycles. The summed E-state index contributed by atoms with van der Waals surface area (Å²) in [7, 11) is 4.80. The van der Waals surface area contributed by atoms with Gasteiger partial charge in [0.05, 0.1) is 23.6 Å². The molecule has 6 atom stereocenters. The van der Waals surface area contributed by atoms with Crippen LogP contribution in [0.5, 0.6) is 5.75 Å². The zero-order chi connectivity index (χ0) is 45.6. The molecule has 2 amide bonds. The van der Waals surface area contributed by atoms with Crippen LogP contribution in [0.1, 0.15) is 68.9 Å². The van der Waals surface area contributed by atoms with Crippen molar-refractivity contribution >= 4 is 67.9 Å². The van der Waals surface area contributed by atoms with Crippen molar-refractivity contribution in [2.45, 2.75) is 75.5 Å². The fraction of sp³-hybridized carbons (Fsp3) is 0.383. The summed E-state index contributed by atoms with van der Waals surface area (Å²) in [5.41, 5.74) is 1.01. The van der Waals surface area contributed by atoms with Crippen LogP contribution >= 0.6 is 17.2 Å². The molecule has 3 aliphatic carbocycles. The van der Waals surface area contributed by atoms with Gasteiger partial charge in [-0.1, -0.05) is 13.0 Å². The summed E-state index contributed by atoms with van der Waals surface area (Å²) in [5, 5.41) is 68.5. The SMILES string of the molecule is C[C@H]1c2ccc(NC(=O)CCCCCCCCP(Cl)(c3ccccc3)(c3ccccc3)c3cnn(C)c3)c(O)c2C(O)=C2C(=O)[C@]3(O)C(O)=C(C(N)=O)C(=O)[C@@H](N(C)C)[C@@H]3[C@@H](O)[C@@H]21. The number of carbonyl (C=O) groups is 4. The predicted octanol–water partition coefficient (Wildman–Crippen LogP) is 4.58. The molecular weight excluding hydrogens is 845 g/mol. The summed E-state index contributed by atoms with van der Waals surface area (Å²) in [6.07, 6.45) is 8.15. The van der Waals surface area contributed by atoms with Gasteiger partial charge in [-0.25, -0.2) is 0 Å². The number of Topliss-reactive ketones (excluding diaryl/α,β-unsaturated/α-hetero) is 2. The number of amides is 2. The summed E-state index contributed by atoms with van der Waals surface area (Å²) in [4.78, 5) is 54.5. The van der Waals surface area contributed by atoms with E-state index in [2.05, 4.69) is 34.7 Å². The number of hydrogen-bond acceptors (Lipinski definition) is 11. The molecule has 1 saturated carbocycles. The number of fused-ring (bicyclic) bond motifs is 3. The molecule has 1 fully saturated rings. The number of rotatable bonds is 15. The molecule has 8 N–H and O–H groups in total. The van der Waals surface area contributed by atoms with E-state index in [1.54, 1.807) is 17.7 Å². The number of aryl methyl sites for hydroxylation is 1. The Bertz CT molecular complexity index is 2490. The van der Waals surface area contributed by atoms with E-state index in [9.17, 15) is 44.7 Å². The van der Waals surface area contributed by atoms with Crippen LogP contribution in [0.4, 0.5) is 5.69 Å². The molecule has 63 heavy (non-hydrogen) atoms. The Morgan fingerprint density at radius 3 is 2.05 bits per heavy atom. The number of unbranched alkanes of at least 4 members (excludes halogenated alkanes) is 5. The topological polar surface area (TPSA) is 229 Å². The molecule has 334 valence electrons. The summed E-state index contributed by atoms with van der Waals surface area (Å²) in [5.74, 6) is -13.6. The van der Waals surface area contributed by atoms with Crippen molar-refractivity contribution in [2.24, 2.45) is 24.6 Å². The van der Waals surface area contributed by atoms with Gasteiger partial charge in [0.25, 0.3) is 5.91 Å². The number of aliphatic hydroxyl groups is 4. The number of hydrogen-bond donors (Lipinski definition) is 7. The number of aromatic hydroxyl groups is 1. The molecule has 1 aromatic heterocycles. The Labute approximate surface area is 370 Å². The van der Waals surface area contributed by atoms with Gasteiger partial charge >= 0.3 is 208 Å². The van der Waals surface area contributed by atoms with Gasteiger partial charge in [-0.3, -0.25) is 19.3 Å². The van der Waals surface area contributed by atoms with Crippen LogP contribution in [0, 0.1) is 11.8 Å². The summed E-state index contributed by atoms with van der Waals surface area (Å²) < 4.78 is 1.80. The molecule has 14 nitrogen and oxygen atoms in total. The second-order valence-electron chi connectivity index (χ2n) is 17.3. The van der Waals surface area contributed by atoms with E-state index in [-0.39, 0.29) is 23.6 Å². The Morgan fingerprint density at radius 1 is 0.905 bits per heavy atom. The van der Waals surface area contributed by atoms with Crippen LogP contribution in [0.3, 0.4) is 0 Å². The van der Waals surface area contributed by atoms with Crippen molar-refractivity contribution in [1.82, 2.24) is 14.7 Å². The van der Waals surface area contributed by atoms with Crippen molar-refractivity contribution in [2.75, 3.05) is 25.6 Å². The monoisotopic (exact) mass is 899 g/mol. The third-order valence-electron chi connectivity index (χ3n) is 13.5. The first-order valence-corrected chi connectivity index (χ1v) is 24.5. The van der Waals surface area contributed by atoms with Crippen LogP contribution < -0.4 is 27.0 Å². The minimum Gasteiger partial charge on any atom is -0.508 e. The van der Waals surface area contributed by atoms with Crippen molar-refractivity contribution < 1.29 is 44.7 Å². The number of primary amides is 1. The van der Waals surface area contributed by atoms with Gasteiger partial charge in [0.1, 0.15) is 17.1 Å². The van der Waals surface area contributed by atoms with Crippen molar-refractivity contribution in [1.29, 1.82) is 0 Å². The van der Waals surface area contributed by atoms with Gasteiger partial charge in [0.15, 0.2) is 11.4 Å². The molecule has 0 radical (unpaired) electrons. The van der Waals surface area contributed by atoms with Gasteiger partial charge in [0.2, 0.25) is 5.78 Å². The summed E-state index contributed by atoms with van der Waals surface area (Å²) in [6.45, 7) is 1.65. The van der Waals surface area contributed by atoms with Gasteiger partial charge in [0, 0.05) is 11.5 Å². The number of likely N-dealkylation sites (N-methyl/N-ethyl adjacent to an activating group) is 1. The van der Waals surface area contributed by atoms with Gasteiger partial charge in [-0.15, -0.1) is 0 Å². The number of nitrogens with two attached hydrogens (primary N) is 1. The predicted molar refractivity (Wildman–Crippen MR) is 244 cm³/mol. The van der Waals surface area contributed by atoms with Crippen LogP contribution in [0.15, 0.2) is 102 Å². The maximum atomic E-state index is 14.3. The van der Waals surface area contributed by atoms with E-state index >= 15 is 0 Å². The number of anilines is 1. The van der Waals surface area contributed by atoms with Crippen molar-refractivity contribution in [3.63, 3.8) is 0 Å². The molecule has 0 unspecified atom stereocenters. The first-order valence-electron chi connectivity index (χ1n) is 21.2. The Balaban J connectivity index is 1.01. The van der Waals surface area contributed by atoms with E-state index < -0.39 is 87.3 Å². The van der Waals surface area contributed by atoms with Crippen LogP contribution in [-0.4, -0.2) is 102 Å². The van der Waals surface area contributed by atoms with Crippen LogP contribution in [-0.2, 0) is 26.2 Å². The van der Waals surface area contributed by atoms with Crippen LogP contribution in [0.25, 0.3) is 5.76 Å². The number of nitrogens with one attached hydrogen (secondary N) is 1. The normalized spacial score (nSPS) is 24.1. The van der Waals surface area contributed by atoms with Crippen LogP contribution in [0.2, 0.25) is 0 Å². The summed E-state index contributed by atoms with van der Waals surface area (Å²) in [6, 6.07) is 22.2. The number of ketones is 2. The zero-order valence-corrected chi connectivity index (χ0v) is 37.4. The molecule has 0 aliphatic heterocycles. The average molecular weight is 900 g/mol. The minimum atomic E-state index is -3.40. The Kier molecular flexibility index (Phi) is 12.5. The fourth-order valence-electron chi connectivity index (χ4n) is 10.3. The fourth-order valence-corrected chi connectivity index (χ4v) is 16.4. The third kappa shape index (κ3) is 7.35. The molecule has 0 spiro atoms. The Hall–Kier alpha value is -5.37. The molecule has 3 aliphatic rings. The standard InChI is InChI=1S/C47H55ClN5O9P/c1-27-31-22-23-32(40(55)35(31)41(56)36-34(27)42(57)38-39(52(2)3)43(58)37(46(49)61)45(60)47(38,62)44(36)59)51-33(54)21-15-7-5-6-8-16-24-63(48,28-17-11-9-12-18-28,29-19-13-10-14-20-29)30-25-50-53(4)26-30/h9-14,17-20,22-23,25-27,34,38-39,42,55-57,60,62H,5-8,15-16,21,24H2,1-4H3,(H2,49,61)(H,51,54)/t27-,34+,38+,39-,42-,47-/m0/s1. The molecule has 4 aromatic rings. The number of nitrogens with zero attached hydrogens (tertiary/aromatic N) is 3. The second kappa shape index (κ2) is 17.3. The Morgan fingerprint density at radius 2 is 1.49 bits per heavy atom. The van der Waals surface area contributed by atoms with E-state index in [4.69, 9.17) is 17.0 Å². The molecule has 0 saturated heterocycles. The number of halogens is 1. The molecule has 16 heteroatoms. The number of carbonyl (C=O) groups excluding carboxylic acids is 4. The number of phenolic OH excluding ortho intramolecular Hbond substituents is 1. The van der Waals surface area contributed by atoms with E-state index in [0.29, 0.717) is 12.0 Å². The zero-order valence-electron chi connectivity index (χ0n) is 35.7. The number of benzene rings is 3. The first-order chi connectivity index (χ1) is 29.9. The third-order valence-corrected chi connectivity index (χ3v) is 20.9. The average Bonchev–Trinajstić information content (AvgIpc) is 3.71. The van der Waals surface area contributed by atoms with E-state index in [1.165, 1.54) is 25.1 Å². The molecule has 0 bridgehead atoms. The number of phenols is 1. The van der Waals surface area contributed by atoms with Gasteiger partial charge < -0.3 is 31.3 Å². The molecular formula is C47H55ClN5O9P. The number of aromatic nitrogens is 2. The van der Waals surface area contributed by atoms with Gasteiger partial charge in [-0.05, 0) is 25.6 Å².